The molecule has 1 rings (SSSR count). The van der Waals surface area contributed by atoms with Gasteiger partial charge in [0, 0.05) is 17.2 Å². The second-order valence-electron chi connectivity index (χ2n) is 4.84. The SMILES string of the molecule is CCC(CSC)NC(=O)C1(C)CCNCC1. The van der Waals surface area contributed by atoms with E-state index in [0.29, 0.717) is 6.04 Å². The van der Waals surface area contributed by atoms with Gasteiger partial charge in [0.15, 0.2) is 0 Å². The average molecular weight is 244 g/mol. The highest BCUT2D eigenvalue weighted by Crippen LogP contribution is 2.28. The van der Waals surface area contributed by atoms with Gasteiger partial charge in [-0.1, -0.05) is 13.8 Å². The summed E-state index contributed by atoms with van der Waals surface area (Å²) in [6.45, 7) is 6.15. The van der Waals surface area contributed by atoms with Gasteiger partial charge in [-0.2, -0.15) is 11.8 Å². The van der Waals surface area contributed by atoms with Crippen LogP contribution in [0.1, 0.15) is 33.1 Å². The van der Waals surface area contributed by atoms with Gasteiger partial charge in [-0.15, -0.1) is 0 Å². The summed E-state index contributed by atoms with van der Waals surface area (Å²) in [5, 5.41) is 6.49. The van der Waals surface area contributed by atoms with Crippen molar-refractivity contribution >= 4 is 17.7 Å². The molecular formula is C12H24N2OS. The van der Waals surface area contributed by atoms with Crippen LogP contribution in [0.2, 0.25) is 0 Å². The van der Waals surface area contributed by atoms with Crippen molar-refractivity contribution in [2.45, 2.75) is 39.2 Å². The molecule has 16 heavy (non-hydrogen) atoms. The molecule has 0 aromatic rings. The zero-order valence-electron chi connectivity index (χ0n) is 10.6. The van der Waals surface area contributed by atoms with E-state index < -0.39 is 0 Å². The lowest BCUT2D eigenvalue weighted by Crippen LogP contribution is -2.49. The maximum absolute atomic E-state index is 12.2. The largest absolute Gasteiger partial charge is 0.352 e. The number of piperidine rings is 1. The minimum atomic E-state index is -0.156. The molecule has 1 amide bonds. The van der Waals surface area contributed by atoms with Crippen LogP contribution in [0.3, 0.4) is 0 Å². The zero-order chi connectivity index (χ0) is 12.0. The third-order valence-electron chi connectivity index (χ3n) is 3.45. The molecule has 1 aliphatic heterocycles. The summed E-state index contributed by atoms with van der Waals surface area (Å²) in [5.74, 6) is 1.26. The quantitative estimate of drug-likeness (QED) is 0.772. The highest BCUT2D eigenvalue weighted by molar-refractivity contribution is 7.98. The maximum atomic E-state index is 12.2. The van der Waals surface area contributed by atoms with Crippen LogP contribution < -0.4 is 10.6 Å². The Hall–Kier alpha value is -0.220. The normalized spacial score (nSPS) is 21.4. The molecule has 3 nitrogen and oxygen atoms in total. The molecule has 0 radical (unpaired) electrons. The van der Waals surface area contributed by atoms with Crippen LogP contribution in [-0.2, 0) is 4.79 Å². The van der Waals surface area contributed by atoms with Crippen LogP contribution in [0, 0.1) is 5.41 Å². The summed E-state index contributed by atoms with van der Waals surface area (Å²) in [4.78, 5) is 12.2. The summed E-state index contributed by atoms with van der Waals surface area (Å²) in [5.41, 5.74) is -0.156. The number of hydrogen-bond acceptors (Lipinski definition) is 3. The first kappa shape index (κ1) is 13.8. The second kappa shape index (κ2) is 6.50. The Morgan fingerprint density at radius 3 is 2.62 bits per heavy atom. The Morgan fingerprint density at radius 1 is 1.50 bits per heavy atom. The van der Waals surface area contributed by atoms with E-state index in [1.807, 2.05) is 0 Å². The smallest absolute Gasteiger partial charge is 0.226 e. The molecular weight excluding hydrogens is 220 g/mol. The van der Waals surface area contributed by atoms with Gasteiger partial charge in [-0.05, 0) is 38.6 Å². The van der Waals surface area contributed by atoms with Gasteiger partial charge in [0.1, 0.15) is 0 Å². The third kappa shape index (κ3) is 3.67. The maximum Gasteiger partial charge on any atom is 0.226 e. The highest BCUT2D eigenvalue weighted by Gasteiger charge is 2.35. The zero-order valence-corrected chi connectivity index (χ0v) is 11.5. The Balaban J connectivity index is 2.48. The molecule has 1 heterocycles. The molecule has 4 heteroatoms. The van der Waals surface area contributed by atoms with E-state index in [-0.39, 0.29) is 11.3 Å². The van der Waals surface area contributed by atoms with Gasteiger partial charge in [0.05, 0.1) is 0 Å². The predicted molar refractivity (Wildman–Crippen MR) is 70.8 cm³/mol. The minimum Gasteiger partial charge on any atom is -0.352 e. The molecule has 0 saturated carbocycles. The molecule has 0 spiro atoms. The molecule has 1 unspecified atom stereocenters. The van der Waals surface area contributed by atoms with Crippen molar-refractivity contribution < 1.29 is 4.79 Å². The lowest BCUT2D eigenvalue weighted by atomic mass is 9.80. The number of amides is 1. The van der Waals surface area contributed by atoms with Crippen molar-refractivity contribution in [2.75, 3.05) is 25.1 Å². The first-order chi connectivity index (χ1) is 7.62. The number of rotatable bonds is 5. The number of nitrogens with one attached hydrogen (secondary N) is 2. The molecule has 0 aliphatic carbocycles. The number of hydrogen-bond donors (Lipinski definition) is 2. The highest BCUT2D eigenvalue weighted by atomic mass is 32.2. The van der Waals surface area contributed by atoms with Crippen LogP contribution in [-0.4, -0.2) is 37.0 Å². The van der Waals surface area contributed by atoms with Crippen molar-refractivity contribution in [3.8, 4) is 0 Å². The fourth-order valence-electron chi connectivity index (χ4n) is 2.03. The van der Waals surface area contributed by atoms with E-state index in [0.717, 1.165) is 38.1 Å². The number of carbonyl (C=O) groups is 1. The molecule has 0 aromatic carbocycles. The van der Waals surface area contributed by atoms with Crippen molar-refractivity contribution in [2.24, 2.45) is 5.41 Å². The van der Waals surface area contributed by atoms with Gasteiger partial charge in [0.2, 0.25) is 5.91 Å². The fraction of sp³-hybridized carbons (Fsp3) is 0.917. The third-order valence-corrected chi connectivity index (χ3v) is 4.19. The monoisotopic (exact) mass is 244 g/mol. The minimum absolute atomic E-state index is 0.156. The van der Waals surface area contributed by atoms with Gasteiger partial charge in [-0.3, -0.25) is 4.79 Å². The summed E-state index contributed by atoms with van der Waals surface area (Å²) in [6, 6.07) is 0.328. The number of thioether (sulfide) groups is 1. The van der Waals surface area contributed by atoms with Gasteiger partial charge < -0.3 is 10.6 Å². The Bertz CT molecular complexity index is 227. The molecule has 1 aliphatic rings. The van der Waals surface area contributed by atoms with Crippen molar-refractivity contribution in [1.82, 2.24) is 10.6 Å². The average Bonchev–Trinajstić information content (AvgIpc) is 2.29. The molecule has 1 fully saturated rings. The first-order valence-electron chi connectivity index (χ1n) is 6.13. The first-order valence-corrected chi connectivity index (χ1v) is 7.52. The van der Waals surface area contributed by atoms with Gasteiger partial charge in [0.25, 0.3) is 0 Å². The van der Waals surface area contributed by atoms with Crippen LogP contribution in [0.15, 0.2) is 0 Å². The van der Waals surface area contributed by atoms with Crippen molar-refractivity contribution in [3.63, 3.8) is 0 Å². The van der Waals surface area contributed by atoms with Crippen molar-refractivity contribution in [1.29, 1.82) is 0 Å². The summed E-state index contributed by atoms with van der Waals surface area (Å²) in [6.07, 6.45) is 5.01. The Labute approximate surface area is 103 Å². The lowest BCUT2D eigenvalue weighted by Gasteiger charge is -2.34. The Morgan fingerprint density at radius 2 is 2.12 bits per heavy atom. The molecule has 2 N–H and O–H groups in total. The van der Waals surface area contributed by atoms with E-state index in [4.69, 9.17) is 0 Å². The van der Waals surface area contributed by atoms with Crippen LogP contribution in [0.25, 0.3) is 0 Å². The van der Waals surface area contributed by atoms with E-state index in [1.54, 1.807) is 11.8 Å². The lowest BCUT2D eigenvalue weighted by molar-refractivity contribution is -0.132. The fourth-order valence-corrected chi connectivity index (χ4v) is 2.75. The molecule has 1 atom stereocenters. The molecule has 94 valence electrons. The van der Waals surface area contributed by atoms with E-state index in [2.05, 4.69) is 30.7 Å². The van der Waals surface area contributed by atoms with Crippen LogP contribution >= 0.6 is 11.8 Å². The van der Waals surface area contributed by atoms with E-state index >= 15 is 0 Å². The number of carbonyl (C=O) groups excluding carboxylic acids is 1. The van der Waals surface area contributed by atoms with Gasteiger partial charge >= 0.3 is 0 Å². The summed E-state index contributed by atoms with van der Waals surface area (Å²) >= 11 is 1.79. The van der Waals surface area contributed by atoms with Crippen LogP contribution in [0.4, 0.5) is 0 Å². The van der Waals surface area contributed by atoms with E-state index in [1.165, 1.54) is 0 Å². The second-order valence-corrected chi connectivity index (χ2v) is 5.76. The van der Waals surface area contributed by atoms with Gasteiger partial charge in [-0.25, -0.2) is 0 Å². The van der Waals surface area contributed by atoms with E-state index in [9.17, 15) is 4.79 Å². The molecule has 0 aromatic heterocycles. The topological polar surface area (TPSA) is 41.1 Å². The molecule has 0 bridgehead atoms. The van der Waals surface area contributed by atoms with Crippen molar-refractivity contribution in [3.05, 3.63) is 0 Å². The standard InChI is InChI=1S/C12H24N2OS/c1-4-10(9-16-3)14-11(15)12(2)5-7-13-8-6-12/h10,13H,4-9H2,1-3H3,(H,14,15). The molecule has 1 saturated heterocycles. The summed E-state index contributed by atoms with van der Waals surface area (Å²) < 4.78 is 0. The Kier molecular flexibility index (Phi) is 5.62. The van der Waals surface area contributed by atoms with Crippen LogP contribution in [0.5, 0.6) is 0 Å². The predicted octanol–water partition coefficient (Wildman–Crippen LogP) is 1.63. The summed E-state index contributed by atoms with van der Waals surface area (Å²) in [7, 11) is 0.